The number of aliphatic hydroxyl groups is 1. The van der Waals surface area contributed by atoms with Gasteiger partial charge in [-0.2, -0.15) is 0 Å². The van der Waals surface area contributed by atoms with E-state index in [1.165, 1.54) is 0 Å². The van der Waals surface area contributed by atoms with Gasteiger partial charge in [0.25, 0.3) is 0 Å². The summed E-state index contributed by atoms with van der Waals surface area (Å²) < 4.78 is 0. The van der Waals surface area contributed by atoms with Gasteiger partial charge >= 0.3 is 0 Å². The summed E-state index contributed by atoms with van der Waals surface area (Å²) in [6.07, 6.45) is 0.783. The normalized spacial score (nSPS) is 12.6. The molecule has 0 heterocycles. The predicted molar refractivity (Wildman–Crippen MR) is 57.0 cm³/mol. The molecule has 0 rings (SSSR count). The monoisotopic (exact) mass is 202 g/mol. The number of hydrogen-bond donors (Lipinski definition) is 2. The van der Waals surface area contributed by atoms with Crippen LogP contribution in [0.5, 0.6) is 0 Å². The molecule has 84 valence electrons. The highest BCUT2D eigenvalue weighted by molar-refractivity contribution is 5.77. The van der Waals surface area contributed by atoms with Crippen molar-refractivity contribution in [3.63, 3.8) is 0 Å². The summed E-state index contributed by atoms with van der Waals surface area (Å²) in [5, 5.41) is 11.8. The van der Waals surface area contributed by atoms with Crippen molar-refractivity contribution in [2.24, 2.45) is 5.92 Å². The largest absolute Gasteiger partial charge is 0.396 e. The van der Waals surface area contributed by atoms with Crippen molar-refractivity contribution in [3.05, 3.63) is 0 Å². The SMILES string of the molecule is CCN(C)C(=O)CNCC(C)CCO. The van der Waals surface area contributed by atoms with Crippen LogP contribution in [0.4, 0.5) is 0 Å². The van der Waals surface area contributed by atoms with Gasteiger partial charge in [0.1, 0.15) is 0 Å². The molecular weight excluding hydrogens is 180 g/mol. The lowest BCUT2D eigenvalue weighted by atomic mass is 10.1. The summed E-state index contributed by atoms with van der Waals surface area (Å²) in [6.45, 7) is 6.13. The molecule has 0 aliphatic rings. The Morgan fingerprint density at radius 2 is 2.21 bits per heavy atom. The number of hydrogen-bond acceptors (Lipinski definition) is 3. The van der Waals surface area contributed by atoms with Crippen molar-refractivity contribution < 1.29 is 9.90 Å². The Labute approximate surface area is 86.3 Å². The Morgan fingerprint density at radius 1 is 1.57 bits per heavy atom. The first kappa shape index (κ1) is 13.4. The van der Waals surface area contributed by atoms with Crippen LogP contribution in [0.1, 0.15) is 20.3 Å². The number of likely N-dealkylation sites (N-methyl/N-ethyl adjacent to an activating group) is 1. The predicted octanol–water partition coefficient (Wildman–Crippen LogP) is 0.0728. The Morgan fingerprint density at radius 3 is 2.71 bits per heavy atom. The van der Waals surface area contributed by atoms with Gasteiger partial charge in [-0.05, 0) is 25.8 Å². The van der Waals surface area contributed by atoms with Crippen LogP contribution < -0.4 is 5.32 Å². The molecular formula is C10H22N2O2. The summed E-state index contributed by atoms with van der Waals surface area (Å²) in [7, 11) is 1.79. The molecule has 0 bridgehead atoms. The van der Waals surface area contributed by atoms with Gasteiger partial charge in [0.05, 0.1) is 6.54 Å². The molecule has 0 aromatic rings. The fraction of sp³-hybridized carbons (Fsp3) is 0.900. The Hall–Kier alpha value is -0.610. The first-order valence-electron chi connectivity index (χ1n) is 5.17. The van der Waals surface area contributed by atoms with E-state index in [0.717, 1.165) is 19.5 Å². The fourth-order valence-electron chi connectivity index (χ4n) is 1.06. The molecule has 2 N–H and O–H groups in total. The maximum absolute atomic E-state index is 11.3. The summed E-state index contributed by atoms with van der Waals surface area (Å²) in [4.78, 5) is 13.0. The van der Waals surface area contributed by atoms with Crippen LogP contribution in [0.25, 0.3) is 0 Å². The van der Waals surface area contributed by atoms with E-state index < -0.39 is 0 Å². The zero-order valence-corrected chi connectivity index (χ0v) is 9.42. The third kappa shape index (κ3) is 5.94. The minimum Gasteiger partial charge on any atom is -0.396 e. The van der Waals surface area contributed by atoms with E-state index >= 15 is 0 Å². The number of nitrogens with one attached hydrogen (secondary N) is 1. The zero-order valence-electron chi connectivity index (χ0n) is 9.42. The van der Waals surface area contributed by atoms with E-state index in [9.17, 15) is 4.79 Å². The minimum atomic E-state index is 0.115. The number of amides is 1. The van der Waals surface area contributed by atoms with E-state index in [4.69, 9.17) is 5.11 Å². The lowest BCUT2D eigenvalue weighted by Gasteiger charge is -2.16. The fourth-order valence-corrected chi connectivity index (χ4v) is 1.06. The number of rotatable bonds is 7. The van der Waals surface area contributed by atoms with Crippen molar-refractivity contribution in [2.75, 3.05) is 33.3 Å². The molecule has 0 aliphatic heterocycles. The van der Waals surface area contributed by atoms with Crippen LogP contribution in [-0.4, -0.2) is 49.2 Å². The summed E-state index contributed by atoms with van der Waals surface area (Å²) >= 11 is 0. The molecule has 14 heavy (non-hydrogen) atoms. The first-order valence-corrected chi connectivity index (χ1v) is 5.17. The second-order valence-electron chi connectivity index (χ2n) is 3.66. The average molecular weight is 202 g/mol. The summed E-state index contributed by atoms with van der Waals surface area (Å²) in [5.41, 5.74) is 0. The van der Waals surface area contributed by atoms with Crippen LogP contribution in [-0.2, 0) is 4.79 Å². The number of nitrogens with zero attached hydrogens (tertiary/aromatic N) is 1. The van der Waals surface area contributed by atoms with Crippen LogP contribution in [0.2, 0.25) is 0 Å². The molecule has 0 aliphatic carbocycles. The second kappa shape index (κ2) is 7.76. The average Bonchev–Trinajstić information content (AvgIpc) is 2.16. The third-order valence-electron chi connectivity index (χ3n) is 2.29. The van der Waals surface area contributed by atoms with Gasteiger partial charge in [-0.1, -0.05) is 6.92 Å². The van der Waals surface area contributed by atoms with E-state index in [0.29, 0.717) is 12.5 Å². The quantitative estimate of drug-likeness (QED) is 0.614. The molecule has 1 atom stereocenters. The van der Waals surface area contributed by atoms with E-state index in [2.05, 4.69) is 12.2 Å². The molecule has 4 heteroatoms. The molecule has 0 aromatic heterocycles. The number of carbonyl (C=O) groups is 1. The van der Waals surface area contributed by atoms with Crippen LogP contribution >= 0.6 is 0 Å². The zero-order chi connectivity index (χ0) is 11.0. The lowest BCUT2D eigenvalue weighted by molar-refractivity contribution is -0.128. The maximum atomic E-state index is 11.3. The van der Waals surface area contributed by atoms with Crippen molar-refractivity contribution in [3.8, 4) is 0 Å². The Kier molecular flexibility index (Phi) is 7.42. The van der Waals surface area contributed by atoms with E-state index in [1.807, 2.05) is 6.92 Å². The smallest absolute Gasteiger partial charge is 0.236 e. The number of aliphatic hydroxyl groups excluding tert-OH is 1. The first-order chi connectivity index (χ1) is 6.61. The van der Waals surface area contributed by atoms with Crippen molar-refractivity contribution in [1.82, 2.24) is 10.2 Å². The van der Waals surface area contributed by atoms with Crippen LogP contribution in [0, 0.1) is 5.92 Å². The summed E-state index contributed by atoms with van der Waals surface area (Å²) in [6, 6.07) is 0. The molecule has 0 radical (unpaired) electrons. The van der Waals surface area contributed by atoms with Gasteiger partial charge in [0.15, 0.2) is 0 Å². The van der Waals surface area contributed by atoms with Gasteiger partial charge in [-0.25, -0.2) is 0 Å². The van der Waals surface area contributed by atoms with E-state index in [1.54, 1.807) is 11.9 Å². The number of carbonyl (C=O) groups excluding carboxylic acids is 1. The highest BCUT2D eigenvalue weighted by atomic mass is 16.3. The van der Waals surface area contributed by atoms with Gasteiger partial charge in [0.2, 0.25) is 5.91 Å². The summed E-state index contributed by atoms with van der Waals surface area (Å²) in [5.74, 6) is 0.531. The molecule has 0 aromatic carbocycles. The topological polar surface area (TPSA) is 52.6 Å². The third-order valence-corrected chi connectivity index (χ3v) is 2.29. The van der Waals surface area contributed by atoms with Gasteiger partial charge in [-0.15, -0.1) is 0 Å². The van der Waals surface area contributed by atoms with Gasteiger partial charge in [0, 0.05) is 20.2 Å². The molecule has 0 saturated heterocycles. The van der Waals surface area contributed by atoms with Crippen molar-refractivity contribution in [2.45, 2.75) is 20.3 Å². The molecule has 4 nitrogen and oxygen atoms in total. The van der Waals surface area contributed by atoms with Crippen molar-refractivity contribution >= 4 is 5.91 Å². The second-order valence-corrected chi connectivity index (χ2v) is 3.66. The van der Waals surface area contributed by atoms with Gasteiger partial charge < -0.3 is 15.3 Å². The molecule has 1 unspecified atom stereocenters. The maximum Gasteiger partial charge on any atom is 0.236 e. The standard InChI is InChI=1S/C10H22N2O2/c1-4-12(3)10(14)8-11-7-9(2)5-6-13/h9,11,13H,4-8H2,1-3H3. The highest BCUT2D eigenvalue weighted by Gasteiger charge is 2.06. The van der Waals surface area contributed by atoms with Crippen molar-refractivity contribution in [1.29, 1.82) is 0 Å². The molecule has 0 fully saturated rings. The van der Waals surface area contributed by atoms with Crippen LogP contribution in [0.15, 0.2) is 0 Å². The minimum absolute atomic E-state index is 0.115. The molecule has 0 saturated carbocycles. The lowest BCUT2D eigenvalue weighted by Crippen LogP contribution is -2.36. The van der Waals surface area contributed by atoms with Gasteiger partial charge in [-0.3, -0.25) is 4.79 Å². The Balaban J connectivity index is 3.48. The Bertz CT molecular complexity index is 162. The van der Waals surface area contributed by atoms with E-state index in [-0.39, 0.29) is 12.5 Å². The highest BCUT2D eigenvalue weighted by Crippen LogP contribution is 1.97. The molecule has 1 amide bonds. The molecule has 0 spiro atoms. The van der Waals surface area contributed by atoms with Crippen LogP contribution in [0.3, 0.4) is 0 Å².